The summed E-state index contributed by atoms with van der Waals surface area (Å²) < 4.78 is 5.15. The highest BCUT2D eigenvalue weighted by Gasteiger charge is 2.35. The molecule has 1 fully saturated rings. The second-order valence-corrected chi connectivity index (χ2v) is 6.34. The fourth-order valence-electron chi connectivity index (χ4n) is 2.22. The zero-order valence-corrected chi connectivity index (χ0v) is 14.0. The molecule has 0 aromatic heterocycles. The highest BCUT2D eigenvalue weighted by molar-refractivity contribution is 7.99. The number of nitrogens with zero attached hydrogens (tertiary/aromatic N) is 1. The van der Waals surface area contributed by atoms with Crippen LogP contribution in [-0.4, -0.2) is 47.5 Å². The lowest BCUT2D eigenvalue weighted by Gasteiger charge is -2.24. The zero-order chi connectivity index (χ0) is 16.1. The Kier molecular flexibility index (Phi) is 5.71. The summed E-state index contributed by atoms with van der Waals surface area (Å²) in [7, 11) is 1.57. The molecule has 5 nitrogen and oxygen atoms in total. The fraction of sp³-hybridized carbons (Fsp3) is 0.500. The van der Waals surface area contributed by atoms with Gasteiger partial charge in [-0.2, -0.15) is 0 Å². The molecule has 2 atom stereocenters. The molecular formula is C16H22N2O3S. The number of carbonyl (C=O) groups excluding carboxylic acids is 2. The minimum absolute atomic E-state index is 0.0735. The summed E-state index contributed by atoms with van der Waals surface area (Å²) in [5.41, 5.74) is 0.545. The topological polar surface area (TPSA) is 58.6 Å². The Morgan fingerprint density at radius 2 is 2.27 bits per heavy atom. The van der Waals surface area contributed by atoms with Gasteiger partial charge < -0.3 is 15.0 Å². The molecule has 120 valence electrons. The predicted octanol–water partition coefficient (Wildman–Crippen LogP) is 2.12. The predicted molar refractivity (Wildman–Crippen MR) is 88.2 cm³/mol. The largest absolute Gasteiger partial charge is 0.497 e. The quantitative estimate of drug-likeness (QED) is 0.902. The summed E-state index contributed by atoms with van der Waals surface area (Å²) >= 11 is 1.60. The molecule has 1 aliphatic heterocycles. The number of thioether (sulfide) groups is 1. The van der Waals surface area contributed by atoms with E-state index in [4.69, 9.17) is 4.74 Å². The highest BCUT2D eigenvalue weighted by atomic mass is 32.2. The fourth-order valence-corrected chi connectivity index (χ4v) is 3.38. The first-order valence-electron chi connectivity index (χ1n) is 7.40. The Hall–Kier alpha value is -1.69. The van der Waals surface area contributed by atoms with Crippen molar-refractivity contribution in [2.75, 3.05) is 18.7 Å². The van der Waals surface area contributed by atoms with E-state index >= 15 is 0 Å². The van der Waals surface area contributed by atoms with E-state index in [2.05, 4.69) is 5.32 Å². The zero-order valence-electron chi connectivity index (χ0n) is 13.2. The summed E-state index contributed by atoms with van der Waals surface area (Å²) in [5.74, 6) is 1.61. The van der Waals surface area contributed by atoms with Crippen LogP contribution in [0, 0.1) is 0 Å². The van der Waals surface area contributed by atoms with Crippen LogP contribution < -0.4 is 10.1 Å². The Bertz CT molecular complexity index is 550. The highest BCUT2D eigenvalue weighted by Crippen LogP contribution is 2.24. The monoisotopic (exact) mass is 322 g/mol. The number of nitrogens with one attached hydrogen (secondary N) is 1. The Labute approximate surface area is 135 Å². The lowest BCUT2D eigenvalue weighted by Crippen LogP contribution is -2.49. The summed E-state index contributed by atoms with van der Waals surface area (Å²) in [6, 6.07) is 6.74. The number of hydrogen-bond donors (Lipinski definition) is 1. The standard InChI is InChI=1S/C16H22N2O3S/c1-4-11(2)17-15(19)14-9-22-10-18(14)16(20)12-6-5-7-13(8-12)21-3/h5-8,11,14H,4,9-10H2,1-3H3,(H,17,19). The summed E-state index contributed by atoms with van der Waals surface area (Å²) in [4.78, 5) is 26.6. The van der Waals surface area contributed by atoms with E-state index in [1.54, 1.807) is 48.0 Å². The average molecular weight is 322 g/mol. The summed E-state index contributed by atoms with van der Waals surface area (Å²) in [5, 5.41) is 2.96. The Balaban J connectivity index is 2.12. The first-order valence-corrected chi connectivity index (χ1v) is 8.55. The van der Waals surface area contributed by atoms with Gasteiger partial charge in [0, 0.05) is 17.4 Å². The van der Waals surface area contributed by atoms with E-state index in [1.807, 2.05) is 13.8 Å². The Morgan fingerprint density at radius 3 is 2.95 bits per heavy atom. The molecule has 1 aromatic rings. The van der Waals surface area contributed by atoms with E-state index in [1.165, 1.54) is 0 Å². The van der Waals surface area contributed by atoms with E-state index in [-0.39, 0.29) is 17.9 Å². The smallest absolute Gasteiger partial charge is 0.255 e. The molecule has 0 radical (unpaired) electrons. The molecule has 0 spiro atoms. The molecule has 0 saturated carbocycles. The second-order valence-electron chi connectivity index (χ2n) is 5.34. The van der Waals surface area contributed by atoms with E-state index in [9.17, 15) is 9.59 Å². The van der Waals surface area contributed by atoms with Crippen LogP contribution >= 0.6 is 11.8 Å². The number of amides is 2. The van der Waals surface area contributed by atoms with Crippen LogP contribution in [0.1, 0.15) is 30.6 Å². The third kappa shape index (κ3) is 3.74. The molecule has 22 heavy (non-hydrogen) atoms. The molecule has 1 aliphatic rings. The van der Waals surface area contributed by atoms with E-state index in [0.717, 1.165) is 6.42 Å². The van der Waals surface area contributed by atoms with Crippen LogP contribution in [-0.2, 0) is 4.79 Å². The molecule has 0 aliphatic carbocycles. The van der Waals surface area contributed by atoms with Crippen LogP contribution in [0.2, 0.25) is 0 Å². The number of methoxy groups -OCH3 is 1. The summed E-state index contributed by atoms with van der Waals surface area (Å²) in [6.45, 7) is 3.99. The molecule has 6 heteroatoms. The van der Waals surface area contributed by atoms with Gasteiger partial charge in [-0.3, -0.25) is 9.59 Å². The van der Waals surface area contributed by atoms with Crippen LogP contribution in [0.4, 0.5) is 0 Å². The van der Waals surface area contributed by atoms with Crippen molar-refractivity contribution in [2.24, 2.45) is 0 Å². The van der Waals surface area contributed by atoms with Gasteiger partial charge in [0.25, 0.3) is 5.91 Å². The molecule has 2 amide bonds. The van der Waals surface area contributed by atoms with Crippen molar-refractivity contribution in [1.82, 2.24) is 10.2 Å². The number of benzene rings is 1. The van der Waals surface area contributed by atoms with Crippen LogP contribution in [0.25, 0.3) is 0 Å². The minimum Gasteiger partial charge on any atom is -0.497 e. The van der Waals surface area contributed by atoms with Crippen molar-refractivity contribution in [2.45, 2.75) is 32.4 Å². The van der Waals surface area contributed by atoms with E-state index < -0.39 is 6.04 Å². The van der Waals surface area contributed by atoms with Crippen LogP contribution in [0.3, 0.4) is 0 Å². The Morgan fingerprint density at radius 1 is 1.50 bits per heavy atom. The number of rotatable bonds is 5. The molecule has 1 aromatic carbocycles. The first kappa shape index (κ1) is 16.7. The first-order chi connectivity index (χ1) is 10.6. The third-order valence-corrected chi connectivity index (χ3v) is 4.78. The van der Waals surface area contributed by atoms with Gasteiger partial charge in [-0.25, -0.2) is 0 Å². The number of hydrogen-bond acceptors (Lipinski definition) is 4. The minimum atomic E-state index is -0.405. The van der Waals surface area contributed by atoms with Gasteiger partial charge in [0.1, 0.15) is 11.8 Å². The van der Waals surface area contributed by atoms with Gasteiger partial charge >= 0.3 is 0 Å². The molecule has 2 unspecified atom stereocenters. The van der Waals surface area contributed by atoms with Crippen LogP contribution in [0.15, 0.2) is 24.3 Å². The van der Waals surface area contributed by atoms with Gasteiger partial charge in [0.2, 0.25) is 5.91 Å². The lowest BCUT2D eigenvalue weighted by atomic mass is 10.1. The molecular weight excluding hydrogens is 300 g/mol. The van der Waals surface area contributed by atoms with Crippen molar-refractivity contribution in [3.05, 3.63) is 29.8 Å². The average Bonchev–Trinajstić information content (AvgIpc) is 3.03. The third-order valence-electron chi connectivity index (χ3n) is 3.76. The molecule has 0 bridgehead atoms. The molecule has 1 N–H and O–H groups in total. The van der Waals surface area contributed by atoms with Crippen LogP contribution in [0.5, 0.6) is 5.75 Å². The normalized spacial score (nSPS) is 18.9. The van der Waals surface area contributed by atoms with Crippen molar-refractivity contribution in [3.63, 3.8) is 0 Å². The van der Waals surface area contributed by atoms with Gasteiger partial charge in [-0.1, -0.05) is 13.0 Å². The summed E-state index contributed by atoms with van der Waals surface area (Å²) in [6.07, 6.45) is 0.870. The van der Waals surface area contributed by atoms with Crippen molar-refractivity contribution >= 4 is 23.6 Å². The van der Waals surface area contributed by atoms with Gasteiger partial charge in [0.05, 0.1) is 13.0 Å². The van der Waals surface area contributed by atoms with Crippen molar-refractivity contribution in [3.8, 4) is 5.75 Å². The SMILES string of the molecule is CCC(C)NC(=O)C1CSCN1C(=O)c1cccc(OC)c1. The van der Waals surface area contributed by atoms with Gasteiger partial charge in [-0.15, -0.1) is 11.8 Å². The molecule has 2 rings (SSSR count). The maximum absolute atomic E-state index is 12.7. The molecule has 1 heterocycles. The van der Waals surface area contributed by atoms with Gasteiger partial charge in [0.15, 0.2) is 0 Å². The maximum Gasteiger partial charge on any atom is 0.255 e. The van der Waals surface area contributed by atoms with Crippen molar-refractivity contribution in [1.29, 1.82) is 0 Å². The second kappa shape index (κ2) is 7.54. The lowest BCUT2D eigenvalue weighted by molar-refractivity contribution is -0.125. The number of carbonyl (C=O) groups is 2. The maximum atomic E-state index is 12.7. The van der Waals surface area contributed by atoms with Crippen molar-refractivity contribution < 1.29 is 14.3 Å². The van der Waals surface area contributed by atoms with E-state index in [0.29, 0.717) is 22.9 Å². The van der Waals surface area contributed by atoms with Gasteiger partial charge in [-0.05, 0) is 31.5 Å². The number of ether oxygens (including phenoxy) is 1. The molecule has 1 saturated heterocycles.